The molecule has 1 aliphatic rings. The van der Waals surface area contributed by atoms with Crippen LogP contribution in [0.15, 0.2) is 24.3 Å². The van der Waals surface area contributed by atoms with E-state index in [4.69, 9.17) is 4.74 Å². The number of piperidine rings is 1. The molecule has 0 aromatic heterocycles. The summed E-state index contributed by atoms with van der Waals surface area (Å²) in [5.41, 5.74) is 0.0915. The number of rotatable bonds is 10. The van der Waals surface area contributed by atoms with Gasteiger partial charge in [0.1, 0.15) is 0 Å². The van der Waals surface area contributed by atoms with Crippen LogP contribution >= 0.6 is 0 Å². The van der Waals surface area contributed by atoms with Crippen LogP contribution in [0.3, 0.4) is 0 Å². The molecule has 1 aromatic carbocycles. The molecule has 1 saturated heterocycles. The van der Waals surface area contributed by atoms with E-state index in [1.54, 1.807) is 22.8 Å². The molecule has 0 N–H and O–H groups in total. The Balaban J connectivity index is 2.01. The zero-order valence-corrected chi connectivity index (χ0v) is 18.2. The largest absolute Gasteiger partial charge is 0.466 e. The number of benzene rings is 1. The highest BCUT2D eigenvalue weighted by atomic mass is 16.6. The van der Waals surface area contributed by atoms with Gasteiger partial charge in [-0.2, -0.15) is 0 Å². The second kappa shape index (κ2) is 12.0. The van der Waals surface area contributed by atoms with Crippen molar-refractivity contribution in [2.24, 2.45) is 5.92 Å². The van der Waals surface area contributed by atoms with Gasteiger partial charge in [0.2, 0.25) is 5.91 Å². The number of hydrogen-bond acceptors (Lipinski definition) is 6. The van der Waals surface area contributed by atoms with Gasteiger partial charge in [-0.15, -0.1) is 0 Å². The summed E-state index contributed by atoms with van der Waals surface area (Å²) in [7, 11) is 0. The first-order chi connectivity index (χ1) is 14.9. The number of non-ortho nitro benzene ring substituents is 1. The van der Waals surface area contributed by atoms with Gasteiger partial charge in [0.05, 0.1) is 17.4 Å². The van der Waals surface area contributed by atoms with Crippen LogP contribution in [0.25, 0.3) is 0 Å². The molecule has 0 aliphatic carbocycles. The third-order valence-electron chi connectivity index (χ3n) is 5.36. The maximum atomic E-state index is 12.9. The zero-order valence-electron chi connectivity index (χ0n) is 18.2. The van der Waals surface area contributed by atoms with Crippen LogP contribution in [0, 0.1) is 16.0 Å². The predicted octanol–water partition coefficient (Wildman–Crippen LogP) is 3.03. The summed E-state index contributed by atoms with van der Waals surface area (Å²) in [6, 6.07) is 5.63. The van der Waals surface area contributed by atoms with Crippen molar-refractivity contribution in [3.05, 3.63) is 39.9 Å². The topological polar surface area (TPSA) is 110 Å². The second-order valence-corrected chi connectivity index (χ2v) is 7.63. The molecule has 0 spiro atoms. The van der Waals surface area contributed by atoms with Crippen LogP contribution in [0.2, 0.25) is 0 Å². The van der Waals surface area contributed by atoms with E-state index in [1.165, 1.54) is 18.2 Å². The lowest BCUT2D eigenvalue weighted by Gasteiger charge is -2.32. The van der Waals surface area contributed by atoms with E-state index in [2.05, 4.69) is 0 Å². The molecule has 9 nitrogen and oxygen atoms in total. The van der Waals surface area contributed by atoms with Gasteiger partial charge >= 0.3 is 5.97 Å². The third kappa shape index (κ3) is 7.04. The molecular weight excluding hydrogens is 402 g/mol. The highest BCUT2D eigenvalue weighted by Crippen LogP contribution is 2.19. The van der Waals surface area contributed by atoms with E-state index >= 15 is 0 Å². The molecule has 1 atom stereocenters. The molecule has 170 valence electrons. The maximum Gasteiger partial charge on any atom is 0.310 e. The minimum Gasteiger partial charge on any atom is -0.466 e. The molecule has 1 unspecified atom stereocenters. The highest BCUT2D eigenvalue weighted by Gasteiger charge is 2.29. The van der Waals surface area contributed by atoms with Crippen LogP contribution in [0.4, 0.5) is 5.69 Å². The molecule has 2 amide bonds. The number of carbonyl (C=O) groups excluding carboxylic acids is 3. The molecular formula is C22H31N3O6. The Labute approximate surface area is 182 Å². The number of nitrogens with zero attached hydrogens (tertiary/aromatic N) is 3. The lowest BCUT2D eigenvalue weighted by molar-refractivity contribution is -0.384. The van der Waals surface area contributed by atoms with E-state index in [9.17, 15) is 24.5 Å². The molecule has 1 heterocycles. The molecule has 0 saturated carbocycles. The van der Waals surface area contributed by atoms with Gasteiger partial charge in [-0.1, -0.05) is 19.4 Å². The fourth-order valence-corrected chi connectivity index (χ4v) is 3.64. The van der Waals surface area contributed by atoms with Crippen molar-refractivity contribution in [1.29, 1.82) is 0 Å². The minimum atomic E-state index is -0.535. The Morgan fingerprint density at radius 3 is 2.71 bits per heavy atom. The highest BCUT2D eigenvalue weighted by molar-refractivity contribution is 5.95. The molecule has 1 aliphatic heterocycles. The number of unbranched alkanes of at least 4 members (excludes halogenated alkanes) is 1. The maximum absolute atomic E-state index is 12.9. The fourth-order valence-electron chi connectivity index (χ4n) is 3.64. The quantitative estimate of drug-likeness (QED) is 0.319. The lowest BCUT2D eigenvalue weighted by atomic mass is 9.98. The number of nitro groups is 1. The van der Waals surface area contributed by atoms with Gasteiger partial charge in [0, 0.05) is 50.3 Å². The van der Waals surface area contributed by atoms with Crippen molar-refractivity contribution in [2.45, 2.75) is 46.0 Å². The summed E-state index contributed by atoms with van der Waals surface area (Å²) in [5.74, 6) is -1.01. The van der Waals surface area contributed by atoms with Gasteiger partial charge in [0.15, 0.2) is 0 Å². The molecule has 0 bridgehead atoms. The summed E-state index contributed by atoms with van der Waals surface area (Å²) in [6.07, 6.45) is 3.22. The van der Waals surface area contributed by atoms with E-state index in [1.807, 2.05) is 6.92 Å². The second-order valence-electron chi connectivity index (χ2n) is 7.63. The molecule has 2 rings (SSSR count). The first-order valence-electron chi connectivity index (χ1n) is 10.9. The Bertz CT molecular complexity index is 797. The van der Waals surface area contributed by atoms with Crippen LogP contribution in [0.1, 0.15) is 56.3 Å². The Morgan fingerprint density at radius 2 is 2.03 bits per heavy atom. The summed E-state index contributed by atoms with van der Waals surface area (Å²) < 4.78 is 5.08. The Hall–Kier alpha value is -2.97. The van der Waals surface area contributed by atoms with Crippen LogP contribution in [-0.2, 0) is 14.3 Å². The number of hydrogen-bond donors (Lipinski definition) is 0. The van der Waals surface area contributed by atoms with Crippen molar-refractivity contribution in [1.82, 2.24) is 9.80 Å². The monoisotopic (exact) mass is 433 g/mol. The SMILES string of the molecule is CCCCN(CCC(=O)N1CCCC(C(=O)OCC)C1)C(=O)c1cccc([N+](=O)[O-])c1. The summed E-state index contributed by atoms with van der Waals surface area (Å²) in [6.45, 7) is 5.69. The number of carbonyl (C=O) groups is 3. The molecule has 9 heteroatoms. The van der Waals surface area contributed by atoms with Gasteiger partial charge in [-0.05, 0) is 32.3 Å². The predicted molar refractivity (Wildman–Crippen MR) is 114 cm³/mol. The number of likely N-dealkylation sites (tertiary alicyclic amines) is 1. The van der Waals surface area contributed by atoms with E-state index in [0.29, 0.717) is 32.7 Å². The lowest BCUT2D eigenvalue weighted by Crippen LogP contribution is -2.44. The normalized spacial score (nSPS) is 15.9. The number of nitro benzene ring substituents is 1. The van der Waals surface area contributed by atoms with Gasteiger partial charge in [-0.25, -0.2) is 0 Å². The van der Waals surface area contributed by atoms with Crippen molar-refractivity contribution >= 4 is 23.5 Å². The standard InChI is InChI=1S/C22H31N3O6/c1-3-5-12-23(21(27)17-8-6-10-19(15-17)25(29)30)14-11-20(26)24-13-7-9-18(16-24)22(28)31-4-2/h6,8,10,15,18H,3-5,7,9,11-14,16H2,1-2H3. The average Bonchev–Trinajstić information content (AvgIpc) is 2.78. The van der Waals surface area contributed by atoms with Crippen molar-refractivity contribution in [2.75, 3.05) is 32.8 Å². The minimum absolute atomic E-state index is 0.109. The van der Waals surface area contributed by atoms with E-state index in [0.717, 1.165) is 19.3 Å². The van der Waals surface area contributed by atoms with Crippen LogP contribution in [0.5, 0.6) is 0 Å². The zero-order chi connectivity index (χ0) is 22.8. The smallest absolute Gasteiger partial charge is 0.310 e. The molecule has 1 aromatic rings. The van der Waals surface area contributed by atoms with Crippen molar-refractivity contribution in [3.63, 3.8) is 0 Å². The molecule has 0 radical (unpaired) electrons. The van der Waals surface area contributed by atoms with E-state index in [-0.39, 0.29) is 47.9 Å². The van der Waals surface area contributed by atoms with Crippen LogP contribution in [-0.4, -0.2) is 65.3 Å². The first-order valence-corrected chi connectivity index (χ1v) is 10.9. The third-order valence-corrected chi connectivity index (χ3v) is 5.36. The Morgan fingerprint density at radius 1 is 1.26 bits per heavy atom. The number of esters is 1. The molecule has 31 heavy (non-hydrogen) atoms. The number of ether oxygens (including phenoxy) is 1. The average molecular weight is 434 g/mol. The summed E-state index contributed by atoms with van der Waals surface area (Å²) in [5, 5.41) is 11.0. The summed E-state index contributed by atoms with van der Waals surface area (Å²) >= 11 is 0. The Kier molecular flexibility index (Phi) is 9.42. The van der Waals surface area contributed by atoms with E-state index < -0.39 is 4.92 Å². The fraction of sp³-hybridized carbons (Fsp3) is 0.591. The number of amides is 2. The van der Waals surface area contributed by atoms with Crippen molar-refractivity contribution in [3.8, 4) is 0 Å². The van der Waals surface area contributed by atoms with Crippen LogP contribution < -0.4 is 0 Å². The molecule has 1 fully saturated rings. The first kappa shape index (κ1) is 24.3. The summed E-state index contributed by atoms with van der Waals surface area (Å²) in [4.78, 5) is 51.4. The van der Waals surface area contributed by atoms with Crippen molar-refractivity contribution < 1.29 is 24.0 Å². The van der Waals surface area contributed by atoms with Gasteiger partial charge < -0.3 is 14.5 Å². The van der Waals surface area contributed by atoms with Gasteiger partial charge in [-0.3, -0.25) is 24.5 Å². The van der Waals surface area contributed by atoms with Gasteiger partial charge in [0.25, 0.3) is 11.6 Å².